The van der Waals surface area contributed by atoms with Crippen molar-refractivity contribution in [1.29, 1.82) is 0 Å². The molecule has 0 saturated heterocycles. The van der Waals surface area contributed by atoms with E-state index < -0.39 is 23.7 Å². The summed E-state index contributed by atoms with van der Waals surface area (Å²) in [7, 11) is 0. The van der Waals surface area contributed by atoms with Crippen LogP contribution in [0.4, 0.5) is 8.78 Å². The molecule has 0 aromatic heterocycles. The average molecular weight is 335 g/mol. The first-order chi connectivity index (χ1) is 9.02. The lowest BCUT2D eigenvalue weighted by atomic mass is 9.96. The van der Waals surface area contributed by atoms with E-state index in [0.29, 0.717) is 5.33 Å². The lowest BCUT2D eigenvalue weighted by Crippen LogP contribution is -2.15. The Kier molecular flexibility index (Phi) is 6.08. The highest BCUT2D eigenvalue weighted by Gasteiger charge is 2.25. The van der Waals surface area contributed by atoms with E-state index in [0.717, 1.165) is 6.07 Å². The van der Waals surface area contributed by atoms with Gasteiger partial charge in [-0.3, -0.25) is 4.79 Å². The summed E-state index contributed by atoms with van der Waals surface area (Å²) < 4.78 is 30.7. The van der Waals surface area contributed by atoms with Crippen LogP contribution in [-0.4, -0.2) is 23.7 Å². The number of carbonyl (C=O) groups excluding carboxylic acids is 2. The van der Waals surface area contributed by atoms with Crippen molar-refractivity contribution in [2.24, 2.45) is 0 Å². The molecule has 1 rings (SSSR count). The largest absolute Gasteiger partial charge is 0.462 e. The first-order valence-electron chi connectivity index (χ1n) is 5.70. The molecule has 0 amide bonds. The monoisotopic (exact) mass is 334 g/mol. The number of rotatable bonds is 6. The van der Waals surface area contributed by atoms with Gasteiger partial charge in [-0.15, -0.1) is 0 Å². The second-order valence-electron chi connectivity index (χ2n) is 3.65. The van der Waals surface area contributed by atoms with Crippen molar-refractivity contribution in [1.82, 2.24) is 0 Å². The molecule has 1 aromatic rings. The fourth-order valence-corrected chi connectivity index (χ4v) is 2.01. The summed E-state index contributed by atoms with van der Waals surface area (Å²) in [5.74, 6) is -1.27. The predicted molar refractivity (Wildman–Crippen MR) is 70.1 cm³/mol. The molecule has 0 aliphatic heterocycles. The molecule has 104 valence electrons. The van der Waals surface area contributed by atoms with Crippen molar-refractivity contribution in [3.8, 4) is 0 Å². The number of hydrogen-bond acceptors (Lipinski definition) is 3. The van der Waals surface area contributed by atoms with Gasteiger partial charge in [0.1, 0.15) is 0 Å². The molecule has 3 nitrogen and oxygen atoms in total. The number of alkyl halides is 3. The van der Waals surface area contributed by atoms with Gasteiger partial charge in [-0.05, 0) is 13.0 Å². The molecular weight excluding hydrogens is 322 g/mol. The van der Waals surface area contributed by atoms with Crippen LogP contribution in [0.25, 0.3) is 0 Å². The van der Waals surface area contributed by atoms with Gasteiger partial charge in [0.25, 0.3) is 6.43 Å². The number of benzene rings is 1. The third kappa shape index (κ3) is 3.83. The Morgan fingerprint density at radius 2 is 2.05 bits per heavy atom. The van der Waals surface area contributed by atoms with Crippen molar-refractivity contribution in [3.05, 3.63) is 34.9 Å². The van der Waals surface area contributed by atoms with E-state index in [2.05, 4.69) is 15.9 Å². The highest BCUT2D eigenvalue weighted by atomic mass is 79.9. The van der Waals surface area contributed by atoms with Gasteiger partial charge in [-0.1, -0.05) is 28.1 Å². The maximum Gasteiger partial charge on any atom is 0.338 e. The average Bonchev–Trinajstić information content (AvgIpc) is 2.38. The van der Waals surface area contributed by atoms with Gasteiger partial charge < -0.3 is 4.74 Å². The number of esters is 1. The minimum atomic E-state index is -2.82. The van der Waals surface area contributed by atoms with Crippen LogP contribution < -0.4 is 0 Å². The third-order valence-corrected chi connectivity index (χ3v) is 2.82. The van der Waals surface area contributed by atoms with E-state index in [1.807, 2.05) is 0 Å². The Balaban J connectivity index is 3.33. The summed E-state index contributed by atoms with van der Waals surface area (Å²) in [5.41, 5.74) is -0.780. The second kappa shape index (κ2) is 7.33. The van der Waals surface area contributed by atoms with Crippen LogP contribution in [0.3, 0.4) is 0 Å². The van der Waals surface area contributed by atoms with Crippen LogP contribution in [-0.2, 0) is 4.74 Å². The van der Waals surface area contributed by atoms with Gasteiger partial charge in [0.05, 0.1) is 12.2 Å². The fraction of sp³-hybridized carbons (Fsp3) is 0.385. The van der Waals surface area contributed by atoms with Crippen LogP contribution in [0, 0.1) is 0 Å². The summed E-state index contributed by atoms with van der Waals surface area (Å²) in [4.78, 5) is 23.6. The molecule has 6 heteroatoms. The quantitative estimate of drug-likeness (QED) is 0.452. The Morgan fingerprint density at radius 1 is 1.37 bits per heavy atom. The Labute approximate surface area is 118 Å². The van der Waals surface area contributed by atoms with E-state index in [-0.39, 0.29) is 24.2 Å². The molecule has 0 atom stereocenters. The zero-order valence-corrected chi connectivity index (χ0v) is 11.9. The summed E-state index contributed by atoms with van der Waals surface area (Å²) >= 11 is 3.08. The number of halogens is 3. The zero-order chi connectivity index (χ0) is 14.4. The van der Waals surface area contributed by atoms with Crippen LogP contribution in [0.1, 0.15) is 46.0 Å². The Bertz CT molecular complexity index is 475. The normalized spacial score (nSPS) is 10.6. The molecule has 0 bridgehead atoms. The highest BCUT2D eigenvalue weighted by molar-refractivity contribution is 9.09. The van der Waals surface area contributed by atoms with Crippen LogP contribution in [0.5, 0.6) is 0 Å². The molecule has 0 radical (unpaired) electrons. The minimum Gasteiger partial charge on any atom is -0.462 e. The highest BCUT2D eigenvalue weighted by Crippen LogP contribution is 2.27. The standard InChI is InChI=1S/C13H13BrF2O3/c1-2-19-13(18)9-5-3-4-8(12(15)16)11(9)10(17)6-7-14/h3-5,12H,2,6-7H2,1H3. The van der Waals surface area contributed by atoms with Crippen molar-refractivity contribution >= 4 is 27.7 Å². The van der Waals surface area contributed by atoms with E-state index in [1.165, 1.54) is 12.1 Å². The lowest BCUT2D eigenvalue weighted by Gasteiger charge is -2.12. The van der Waals surface area contributed by atoms with Gasteiger partial charge in [0.15, 0.2) is 5.78 Å². The van der Waals surface area contributed by atoms with E-state index >= 15 is 0 Å². The van der Waals surface area contributed by atoms with Crippen molar-refractivity contribution < 1.29 is 23.1 Å². The summed E-state index contributed by atoms with van der Waals surface area (Å²) in [5, 5.41) is 0.339. The number of ether oxygens (including phenoxy) is 1. The van der Waals surface area contributed by atoms with Crippen LogP contribution >= 0.6 is 15.9 Å². The molecular formula is C13H13BrF2O3. The number of ketones is 1. The summed E-state index contributed by atoms with van der Waals surface area (Å²) in [6.07, 6.45) is -2.78. The van der Waals surface area contributed by atoms with E-state index in [9.17, 15) is 18.4 Å². The van der Waals surface area contributed by atoms with Crippen LogP contribution in [0.15, 0.2) is 18.2 Å². The molecule has 0 aliphatic rings. The predicted octanol–water partition coefficient (Wildman–Crippen LogP) is 3.77. The maximum atomic E-state index is 12.9. The fourth-order valence-electron chi connectivity index (χ4n) is 1.65. The van der Waals surface area contributed by atoms with Crippen molar-refractivity contribution in [2.45, 2.75) is 19.8 Å². The Hall–Kier alpha value is -1.30. The number of Topliss-reactive ketones (excluding diaryl/α,β-unsaturated/α-hetero) is 1. The van der Waals surface area contributed by atoms with E-state index in [1.54, 1.807) is 6.92 Å². The van der Waals surface area contributed by atoms with Gasteiger partial charge in [0, 0.05) is 22.9 Å². The molecule has 0 saturated carbocycles. The molecule has 0 fully saturated rings. The molecule has 1 aromatic carbocycles. The summed E-state index contributed by atoms with van der Waals surface area (Å²) in [6.45, 7) is 1.72. The van der Waals surface area contributed by atoms with Gasteiger partial charge in [-0.2, -0.15) is 0 Å². The maximum absolute atomic E-state index is 12.9. The zero-order valence-electron chi connectivity index (χ0n) is 10.3. The Morgan fingerprint density at radius 3 is 2.58 bits per heavy atom. The third-order valence-electron chi connectivity index (χ3n) is 2.43. The van der Waals surface area contributed by atoms with Gasteiger partial charge in [0.2, 0.25) is 0 Å². The molecule has 0 spiro atoms. The van der Waals surface area contributed by atoms with Crippen molar-refractivity contribution in [3.63, 3.8) is 0 Å². The summed E-state index contributed by atoms with van der Waals surface area (Å²) in [6, 6.07) is 3.79. The number of carbonyl (C=O) groups is 2. The molecule has 0 N–H and O–H groups in total. The molecule has 19 heavy (non-hydrogen) atoms. The number of hydrogen-bond donors (Lipinski definition) is 0. The lowest BCUT2D eigenvalue weighted by molar-refractivity contribution is 0.0522. The first-order valence-corrected chi connectivity index (χ1v) is 6.82. The molecule has 0 unspecified atom stereocenters. The van der Waals surface area contributed by atoms with E-state index in [4.69, 9.17) is 4.74 Å². The topological polar surface area (TPSA) is 43.4 Å². The molecule has 0 aliphatic carbocycles. The minimum absolute atomic E-state index is 0.0378. The van der Waals surface area contributed by atoms with Crippen molar-refractivity contribution in [2.75, 3.05) is 11.9 Å². The van der Waals surface area contributed by atoms with Gasteiger partial charge in [-0.25, -0.2) is 13.6 Å². The SMILES string of the molecule is CCOC(=O)c1cccc(C(F)F)c1C(=O)CCBr. The second-order valence-corrected chi connectivity index (χ2v) is 4.45. The first kappa shape index (κ1) is 15.8. The van der Waals surface area contributed by atoms with Crippen LogP contribution in [0.2, 0.25) is 0 Å². The molecule has 0 heterocycles. The smallest absolute Gasteiger partial charge is 0.338 e. The van der Waals surface area contributed by atoms with Gasteiger partial charge >= 0.3 is 5.97 Å².